The van der Waals surface area contributed by atoms with Crippen molar-refractivity contribution in [3.8, 4) is 0 Å². The van der Waals surface area contributed by atoms with Crippen molar-refractivity contribution < 1.29 is 29.4 Å². The first-order chi connectivity index (χ1) is 21.4. The van der Waals surface area contributed by atoms with Gasteiger partial charge in [0.15, 0.2) is 0 Å². The summed E-state index contributed by atoms with van der Waals surface area (Å²) in [5, 5.41) is 22.1. The molecule has 1 amide bonds. The number of anilines is 2. The zero-order valence-corrected chi connectivity index (χ0v) is 23.7. The average Bonchev–Trinajstić information content (AvgIpc) is 3.03. The van der Waals surface area contributed by atoms with Gasteiger partial charge in [-0.2, -0.15) is 0 Å². The third-order valence-corrected chi connectivity index (χ3v) is 7.02. The molecule has 44 heavy (non-hydrogen) atoms. The van der Waals surface area contributed by atoms with E-state index < -0.39 is 17.8 Å². The second-order valence-corrected chi connectivity index (χ2v) is 10.2. The molecule has 4 N–H and O–H groups in total. The lowest BCUT2D eigenvalue weighted by Crippen LogP contribution is -2.17. The highest BCUT2D eigenvalue weighted by atomic mass is 16.6. The third kappa shape index (κ3) is 7.76. The van der Waals surface area contributed by atoms with Crippen molar-refractivity contribution in [1.82, 2.24) is 0 Å². The smallest absolute Gasteiger partial charge is 0.336 e. The Kier molecular flexibility index (Phi) is 9.44. The maximum atomic E-state index is 13.1. The maximum Gasteiger partial charge on any atom is 0.336 e. The summed E-state index contributed by atoms with van der Waals surface area (Å²) in [6, 6.07) is 36.3. The normalized spacial score (nSPS) is 10.6. The van der Waals surface area contributed by atoms with Gasteiger partial charge in [-0.25, -0.2) is 9.59 Å². The van der Waals surface area contributed by atoms with Crippen LogP contribution in [0.15, 0.2) is 121 Å². The number of rotatable bonds is 12. The van der Waals surface area contributed by atoms with Crippen molar-refractivity contribution in [3.63, 3.8) is 0 Å². The fourth-order valence-electron chi connectivity index (χ4n) is 4.84. The summed E-state index contributed by atoms with van der Waals surface area (Å²) in [7, 11) is 0. The van der Waals surface area contributed by atoms with E-state index in [-0.39, 0.29) is 23.3 Å². The summed E-state index contributed by atoms with van der Waals surface area (Å²) >= 11 is 0. The van der Waals surface area contributed by atoms with Crippen LogP contribution >= 0.6 is 0 Å². The Morgan fingerprint density at radius 1 is 0.545 bits per heavy atom. The van der Waals surface area contributed by atoms with Gasteiger partial charge in [-0.05, 0) is 83.1 Å². The average molecular weight is 587 g/mol. The summed E-state index contributed by atoms with van der Waals surface area (Å²) in [5.74, 6) is -2.76. The Labute approximate surface area is 254 Å². The molecule has 0 aliphatic heterocycles. The van der Waals surface area contributed by atoms with Crippen LogP contribution in [-0.2, 0) is 24.3 Å². The molecule has 0 unspecified atom stereocenters. The molecule has 220 valence electrons. The van der Waals surface area contributed by atoms with Gasteiger partial charge in [0.25, 0.3) is 5.91 Å². The standard InChI is InChI=1S/C36H30N2O6/c39-34(33-22-27(12-18-32(33)36(42)43)20-25-9-5-2-6-10-25)37-29-13-15-30(16-14-29)38-44-23-28-21-26(11-17-31(28)35(40)41)19-24-7-3-1-4-8-24/h1-18,21-22,38H,19-20,23H2,(H,37,39)(H,40,41)(H,42,43). The molecule has 8 heteroatoms. The number of carbonyl (C=O) groups is 3. The lowest BCUT2D eigenvalue weighted by atomic mass is 9.98. The van der Waals surface area contributed by atoms with Gasteiger partial charge in [-0.1, -0.05) is 78.9 Å². The van der Waals surface area contributed by atoms with Crippen LogP contribution < -0.4 is 10.8 Å². The highest BCUT2D eigenvalue weighted by Crippen LogP contribution is 2.21. The van der Waals surface area contributed by atoms with Gasteiger partial charge in [-0.15, -0.1) is 0 Å². The zero-order valence-electron chi connectivity index (χ0n) is 23.7. The van der Waals surface area contributed by atoms with E-state index in [1.165, 1.54) is 6.07 Å². The molecule has 0 saturated heterocycles. The Morgan fingerprint density at radius 2 is 1.07 bits per heavy atom. The van der Waals surface area contributed by atoms with Crippen molar-refractivity contribution in [2.45, 2.75) is 19.4 Å². The van der Waals surface area contributed by atoms with Crippen molar-refractivity contribution in [1.29, 1.82) is 0 Å². The van der Waals surface area contributed by atoms with Crippen molar-refractivity contribution >= 4 is 29.2 Å². The van der Waals surface area contributed by atoms with E-state index in [4.69, 9.17) is 4.84 Å². The summed E-state index contributed by atoms with van der Waals surface area (Å²) in [6.45, 7) is 0.0139. The van der Waals surface area contributed by atoms with E-state index in [1.54, 1.807) is 48.5 Å². The van der Waals surface area contributed by atoms with Crippen LogP contribution in [-0.4, -0.2) is 28.1 Å². The van der Waals surface area contributed by atoms with E-state index in [1.807, 2.05) is 66.7 Å². The number of benzene rings is 5. The van der Waals surface area contributed by atoms with E-state index in [0.29, 0.717) is 29.8 Å². The Hall–Kier alpha value is -5.73. The molecular weight excluding hydrogens is 556 g/mol. The van der Waals surface area contributed by atoms with E-state index in [0.717, 1.165) is 22.3 Å². The van der Waals surface area contributed by atoms with Crippen molar-refractivity contribution in [3.05, 3.63) is 166 Å². The predicted molar refractivity (Wildman–Crippen MR) is 168 cm³/mol. The number of carboxylic acids is 2. The molecule has 0 aliphatic rings. The molecule has 0 heterocycles. The summed E-state index contributed by atoms with van der Waals surface area (Å²) < 4.78 is 0. The van der Waals surface area contributed by atoms with E-state index in [2.05, 4.69) is 10.8 Å². The number of hydrogen-bond donors (Lipinski definition) is 4. The fourth-order valence-corrected chi connectivity index (χ4v) is 4.84. The number of carbonyl (C=O) groups excluding carboxylic acids is 1. The fraction of sp³-hybridized carbons (Fsp3) is 0.0833. The number of aromatic carboxylic acids is 2. The van der Waals surface area contributed by atoms with Gasteiger partial charge in [0.1, 0.15) is 6.61 Å². The molecule has 5 aromatic rings. The number of hydrogen-bond acceptors (Lipinski definition) is 5. The maximum absolute atomic E-state index is 13.1. The molecular formula is C36H30N2O6. The Balaban J connectivity index is 1.22. The van der Waals surface area contributed by atoms with Gasteiger partial charge in [0.2, 0.25) is 0 Å². The molecule has 0 radical (unpaired) electrons. The highest BCUT2D eigenvalue weighted by Gasteiger charge is 2.18. The van der Waals surface area contributed by atoms with Crippen LogP contribution in [0.5, 0.6) is 0 Å². The lowest BCUT2D eigenvalue weighted by Gasteiger charge is -2.13. The van der Waals surface area contributed by atoms with E-state index in [9.17, 15) is 24.6 Å². The summed E-state index contributed by atoms with van der Waals surface area (Å²) in [6.07, 6.45) is 1.23. The van der Waals surface area contributed by atoms with Gasteiger partial charge in [0.05, 0.1) is 22.4 Å². The summed E-state index contributed by atoms with van der Waals surface area (Å²) in [4.78, 5) is 42.3. The Morgan fingerprint density at radius 3 is 1.64 bits per heavy atom. The molecule has 0 fully saturated rings. The van der Waals surface area contributed by atoms with Crippen LogP contribution in [0.4, 0.5) is 11.4 Å². The Bertz CT molecular complexity index is 1770. The number of amides is 1. The summed E-state index contributed by atoms with van der Waals surface area (Å²) in [5.41, 5.74) is 8.49. The van der Waals surface area contributed by atoms with Crippen LogP contribution in [0.1, 0.15) is 58.9 Å². The SMILES string of the molecule is O=C(O)c1ccc(Cc2ccccc2)cc1CONc1ccc(NC(=O)c2cc(Cc3ccccc3)ccc2C(=O)O)cc1. The van der Waals surface area contributed by atoms with Crippen molar-refractivity contribution in [2.24, 2.45) is 0 Å². The zero-order chi connectivity index (χ0) is 30.9. The molecule has 0 saturated carbocycles. The molecule has 8 nitrogen and oxygen atoms in total. The monoisotopic (exact) mass is 586 g/mol. The van der Waals surface area contributed by atoms with Crippen LogP contribution in [0.3, 0.4) is 0 Å². The van der Waals surface area contributed by atoms with Gasteiger partial charge in [0, 0.05) is 5.69 Å². The molecule has 5 rings (SSSR count). The molecule has 0 aromatic heterocycles. The minimum Gasteiger partial charge on any atom is -0.478 e. The third-order valence-electron chi connectivity index (χ3n) is 7.02. The first kappa shape index (κ1) is 29.8. The van der Waals surface area contributed by atoms with E-state index >= 15 is 0 Å². The van der Waals surface area contributed by atoms with Crippen LogP contribution in [0, 0.1) is 0 Å². The van der Waals surface area contributed by atoms with Gasteiger partial charge >= 0.3 is 11.9 Å². The second-order valence-electron chi connectivity index (χ2n) is 10.2. The number of carboxylic acid groups (broad SMARTS) is 2. The topological polar surface area (TPSA) is 125 Å². The van der Waals surface area contributed by atoms with Crippen LogP contribution in [0.2, 0.25) is 0 Å². The quantitative estimate of drug-likeness (QED) is 0.115. The van der Waals surface area contributed by atoms with Gasteiger partial charge in [-0.3, -0.25) is 15.1 Å². The minimum absolute atomic E-state index is 0.0139. The van der Waals surface area contributed by atoms with Gasteiger partial charge < -0.3 is 15.5 Å². The molecule has 0 spiro atoms. The number of nitrogens with one attached hydrogen (secondary N) is 2. The predicted octanol–water partition coefficient (Wildman–Crippen LogP) is 7.06. The molecule has 0 aliphatic carbocycles. The molecule has 5 aromatic carbocycles. The first-order valence-corrected chi connectivity index (χ1v) is 13.9. The first-order valence-electron chi connectivity index (χ1n) is 13.9. The largest absolute Gasteiger partial charge is 0.478 e. The highest BCUT2D eigenvalue weighted by molar-refractivity contribution is 6.10. The lowest BCUT2D eigenvalue weighted by molar-refractivity contribution is 0.0682. The molecule has 0 bridgehead atoms. The molecule has 0 atom stereocenters. The van der Waals surface area contributed by atoms with Crippen LogP contribution in [0.25, 0.3) is 0 Å². The minimum atomic E-state index is -1.19. The van der Waals surface area contributed by atoms with Crippen molar-refractivity contribution in [2.75, 3.05) is 10.8 Å². The second kappa shape index (κ2) is 14.0.